The average molecular weight is 577 g/mol. The molecule has 4 rings (SSSR count). The SMILES string of the molecule is CCCC(=O)N1CCN(Cc2cc(-c3ssc(=S)c3C)cc(CN3CCN(C(=O)CCC)CC3)c2O)CC1. The summed E-state index contributed by atoms with van der Waals surface area (Å²) >= 11 is 5.53. The van der Waals surface area contributed by atoms with E-state index in [2.05, 4.69) is 28.9 Å². The van der Waals surface area contributed by atoms with Crippen molar-refractivity contribution in [1.82, 2.24) is 19.6 Å². The fraction of sp³-hybridized carbons (Fsp3) is 0.607. The zero-order chi connectivity index (χ0) is 27.2. The van der Waals surface area contributed by atoms with E-state index in [0.717, 1.165) is 91.3 Å². The molecular weight excluding hydrogens is 537 g/mol. The van der Waals surface area contributed by atoms with Crippen molar-refractivity contribution in [3.63, 3.8) is 0 Å². The lowest BCUT2D eigenvalue weighted by molar-refractivity contribution is -0.133. The molecule has 0 atom stereocenters. The molecule has 2 amide bonds. The highest BCUT2D eigenvalue weighted by Crippen LogP contribution is 2.38. The van der Waals surface area contributed by atoms with Crippen LogP contribution in [0.4, 0.5) is 0 Å². The number of carbonyl (C=O) groups excluding carboxylic acids is 2. The topological polar surface area (TPSA) is 67.3 Å². The number of phenolic OH excluding ortho intramolecular Hbond substituents is 1. The number of piperazine rings is 2. The van der Waals surface area contributed by atoms with Crippen LogP contribution in [0.2, 0.25) is 0 Å². The molecule has 0 bridgehead atoms. The molecule has 1 N–H and O–H groups in total. The Kier molecular flexibility index (Phi) is 10.3. The van der Waals surface area contributed by atoms with Crippen LogP contribution in [-0.4, -0.2) is 88.9 Å². The summed E-state index contributed by atoms with van der Waals surface area (Å²) in [5.74, 6) is 0.842. The van der Waals surface area contributed by atoms with E-state index in [0.29, 0.717) is 31.7 Å². The molecule has 0 spiro atoms. The van der Waals surface area contributed by atoms with Gasteiger partial charge in [0.2, 0.25) is 11.8 Å². The van der Waals surface area contributed by atoms with Gasteiger partial charge in [0, 0.05) is 89.4 Å². The van der Waals surface area contributed by atoms with E-state index in [1.807, 2.05) is 23.6 Å². The van der Waals surface area contributed by atoms with Crippen LogP contribution in [0.3, 0.4) is 0 Å². The molecular formula is C28H40N4O3S3. The molecule has 38 heavy (non-hydrogen) atoms. The maximum atomic E-state index is 12.3. The van der Waals surface area contributed by atoms with Crippen molar-refractivity contribution >= 4 is 44.7 Å². The lowest BCUT2D eigenvalue weighted by atomic mass is 10.00. The lowest BCUT2D eigenvalue weighted by Crippen LogP contribution is -2.48. The average Bonchev–Trinajstić information content (AvgIpc) is 3.25. The monoisotopic (exact) mass is 576 g/mol. The minimum absolute atomic E-state index is 0.241. The molecule has 2 aromatic rings. The second-order valence-electron chi connectivity index (χ2n) is 10.4. The van der Waals surface area contributed by atoms with E-state index in [1.54, 1.807) is 20.7 Å². The first-order valence-electron chi connectivity index (χ1n) is 13.8. The normalized spacial score (nSPS) is 17.2. The molecule has 2 fully saturated rings. The third-order valence-corrected chi connectivity index (χ3v) is 10.9. The van der Waals surface area contributed by atoms with Gasteiger partial charge in [-0.05, 0) is 43.0 Å². The van der Waals surface area contributed by atoms with Gasteiger partial charge in [0.25, 0.3) is 0 Å². The van der Waals surface area contributed by atoms with Gasteiger partial charge in [-0.2, -0.15) is 0 Å². The summed E-state index contributed by atoms with van der Waals surface area (Å²) in [5, 5.41) is 11.4. The van der Waals surface area contributed by atoms with Crippen LogP contribution in [0.1, 0.15) is 56.2 Å². The van der Waals surface area contributed by atoms with Gasteiger partial charge in [0.1, 0.15) is 9.57 Å². The molecule has 0 saturated carbocycles. The maximum absolute atomic E-state index is 12.3. The number of rotatable bonds is 9. The smallest absolute Gasteiger partial charge is 0.222 e. The second-order valence-corrected chi connectivity index (χ2v) is 13.2. The van der Waals surface area contributed by atoms with E-state index in [-0.39, 0.29) is 11.8 Å². The summed E-state index contributed by atoms with van der Waals surface area (Å²) in [6.07, 6.45) is 2.97. The number of phenols is 1. The summed E-state index contributed by atoms with van der Waals surface area (Å²) in [4.78, 5) is 34.4. The molecule has 2 saturated heterocycles. The van der Waals surface area contributed by atoms with Crippen molar-refractivity contribution in [2.24, 2.45) is 0 Å². The van der Waals surface area contributed by atoms with Gasteiger partial charge < -0.3 is 14.9 Å². The summed E-state index contributed by atoms with van der Waals surface area (Å²) < 4.78 is 0.918. The minimum atomic E-state index is 0.241. The van der Waals surface area contributed by atoms with Gasteiger partial charge in [0.15, 0.2) is 0 Å². The zero-order valence-corrected chi connectivity index (χ0v) is 25.3. The van der Waals surface area contributed by atoms with Crippen molar-refractivity contribution in [3.8, 4) is 16.2 Å². The number of carbonyl (C=O) groups is 2. The summed E-state index contributed by atoms with van der Waals surface area (Å²) in [7, 11) is 3.33. The van der Waals surface area contributed by atoms with Crippen LogP contribution in [0.25, 0.3) is 10.4 Å². The predicted octanol–water partition coefficient (Wildman–Crippen LogP) is 5.11. The van der Waals surface area contributed by atoms with Gasteiger partial charge in [-0.25, -0.2) is 0 Å². The number of aromatic hydroxyl groups is 1. The second kappa shape index (κ2) is 13.5. The molecule has 0 radical (unpaired) electrons. The van der Waals surface area contributed by atoms with Gasteiger partial charge in [0.05, 0.1) is 4.88 Å². The fourth-order valence-corrected chi connectivity index (χ4v) is 8.11. The Bertz CT molecular complexity index is 1120. The van der Waals surface area contributed by atoms with Crippen molar-refractivity contribution in [2.75, 3.05) is 52.4 Å². The zero-order valence-electron chi connectivity index (χ0n) is 22.8. The van der Waals surface area contributed by atoms with E-state index in [9.17, 15) is 14.7 Å². The number of nitrogens with zero attached hydrogens (tertiary/aromatic N) is 4. The van der Waals surface area contributed by atoms with Gasteiger partial charge in [-0.1, -0.05) is 46.7 Å². The van der Waals surface area contributed by atoms with Gasteiger partial charge in [-0.15, -0.1) is 0 Å². The van der Waals surface area contributed by atoms with Crippen LogP contribution in [0.15, 0.2) is 12.1 Å². The van der Waals surface area contributed by atoms with E-state index in [4.69, 9.17) is 12.2 Å². The Balaban J connectivity index is 1.51. The van der Waals surface area contributed by atoms with Crippen LogP contribution < -0.4 is 0 Å². The van der Waals surface area contributed by atoms with E-state index in [1.165, 1.54) is 4.88 Å². The number of benzene rings is 1. The summed E-state index contributed by atoms with van der Waals surface area (Å²) in [5.41, 5.74) is 4.08. The molecule has 0 unspecified atom stereocenters. The summed E-state index contributed by atoms with van der Waals surface area (Å²) in [6, 6.07) is 4.24. The van der Waals surface area contributed by atoms with Crippen LogP contribution in [-0.2, 0) is 22.7 Å². The largest absolute Gasteiger partial charge is 0.507 e. The van der Waals surface area contributed by atoms with E-state index >= 15 is 0 Å². The summed E-state index contributed by atoms with van der Waals surface area (Å²) in [6.45, 7) is 13.6. The Morgan fingerprint density at radius 2 is 1.26 bits per heavy atom. The lowest BCUT2D eigenvalue weighted by Gasteiger charge is -2.36. The molecule has 1 aromatic carbocycles. The Labute approximate surface area is 239 Å². The Hall–Kier alpha value is -1.85. The molecule has 2 aliphatic rings. The molecule has 7 nitrogen and oxygen atoms in total. The van der Waals surface area contributed by atoms with Crippen molar-refractivity contribution in [3.05, 3.63) is 32.6 Å². The standard InChI is InChI=1S/C28H40N4O3S3/c1-4-6-24(33)31-12-8-29(9-13-31)18-22-16-21(27-20(3)28(36)38-37-27)17-23(26(22)35)19-30-10-14-32(15-11-30)25(34)7-5-2/h16-17,35H,4-15,18-19H2,1-3H3. The quantitative estimate of drug-likeness (QED) is 0.331. The predicted molar refractivity (Wildman–Crippen MR) is 158 cm³/mol. The van der Waals surface area contributed by atoms with Gasteiger partial charge >= 0.3 is 0 Å². The third kappa shape index (κ3) is 7.01. The van der Waals surface area contributed by atoms with Crippen molar-refractivity contribution in [2.45, 2.75) is 59.5 Å². The molecule has 3 heterocycles. The maximum Gasteiger partial charge on any atom is 0.222 e. The first kappa shape index (κ1) is 29.1. The molecule has 2 aliphatic heterocycles. The van der Waals surface area contributed by atoms with E-state index < -0.39 is 0 Å². The third-order valence-electron chi connectivity index (χ3n) is 7.54. The minimum Gasteiger partial charge on any atom is -0.507 e. The Morgan fingerprint density at radius 1 is 0.816 bits per heavy atom. The number of hydrogen-bond acceptors (Lipinski definition) is 8. The first-order valence-corrected chi connectivity index (χ1v) is 16.3. The first-order chi connectivity index (χ1) is 18.3. The number of hydrogen-bond donors (Lipinski definition) is 1. The molecule has 208 valence electrons. The number of amides is 2. The van der Waals surface area contributed by atoms with Gasteiger partial charge in [-0.3, -0.25) is 19.4 Å². The van der Waals surface area contributed by atoms with Crippen molar-refractivity contribution in [1.29, 1.82) is 0 Å². The molecule has 1 aromatic heterocycles. The highest BCUT2D eigenvalue weighted by Gasteiger charge is 2.25. The fourth-order valence-electron chi connectivity index (χ4n) is 5.23. The van der Waals surface area contributed by atoms with Crippen molar-refractivity contribution < 1.29 is 14.7 Å². The molecule has 10 heteroatoms. The van der Waals surface area contributed by atoms with Crippen LogP contribution >= 0.6 is 32.9 Å². The van der Waals surface area contributed by atoms with Crippen LogP contribution in [0.5, 0.6) is 5.75 Å². The van der Waals surface area contributed by atoms with Crippen LogP contribution in [0, 0.1) is 10.7 Å². The Morgan fingerprint density at radius 3 is 1.63 bits per heavy atom. The molecule has 0 aliphatic carbocycles. The highest BCUT2D eigenvalue weighted by molar-refractivity contribution is 7.80. The highest BCUT2D eigenvalue weighted by atomic mass is 32.9.